The lowest BCUT2D eigenvalue weighted by molar-refractivity contribution is 0.536. The molecule has 0 atom stereocenters. The van der Waals surface area contributed by atoms with E-state index in [2.05, 4.69) is 49.6 Å². The first-order valence-electron chi connectivity index (χ1n) is 8.67. The van der Waals surface area contributed by atoms with Crippen molar-refractivity contribution in [1.29, 1.82) is 0 Å². The Labute approximate surface area is 136 Å². The second-order valence-corrected chi connectivity index (χ2v) is 8.39. The highest BCUT2D eigenvalue weighted by Crippen LogP contribution is 2.30. The summed E-state index contributed by atoms with van der Waals surface area (Å²) in [5.41, 5.74) is 1.41. The van der Waals surface area contributed by atoms with E-state index in [-0.39, 0.29) is 0 Å². The van der Waals surface area contributed by atoms with Gasteiger partial charge >= 0.3 is 0 Å². The largest absolute Gasteiger partial charge is 0.265 e. The van der Waals surface area contributed by atoms with Crippen molar-refractivity contribution in [3.8, 4) is 0 Å². The first-order valence-corrected chi connectivity index (χ1v) is 9.65. The Kier molecular flexibility index (Phi) is 9.82. The van der Waals surface area contributed by atoms with Gasteiger partial charge in [0.05, 0.1) is 0 Å². The maximum absolute atomic E-state index is 4.07. The summed E-state index contributed by atoms with van der Waals surface area (Å²) < 4.78 is 0.427. The third kappa shape index (κ3) is 9.95. The van der Waals surface area contributed by atoms with Crippen molar-refractivity contribution in [2.45, 2.75) is 83.3 Å². The zero-order valence-corrected chi connectivity index (χ0v) is 15.1. The average molecular weight is 308 g/mol. The van der Waals surface area contributed by atoms with Gasteiger partial charge in [-0.15, -0.1) is 0 Å². The molecule has 0 spiro atoms. The molecule has 1 aromatic rings. The van der Waals surface area contributed by atoms with Crippen molar-refractivity contribution < 1.29 is 0 Å². The molecule has 0 saturated heterocycles. The van der Waals surface area contributed by atoms with Crippen LogP contribution in [0.5, 0.6) is 0 Å². The monoisotopic (exact) mass is 307 g/mol. The third-order valence-corrected chi connectivity index (χ3v) is 5.41. The summed E-state index contributed by atoms with van der Waals surface area (Å²) in [4.78, 5) is 4.07. The highest BCUT2D eigenvalue weighted by Gasteiger charge is 2.17. The highest BCUT2D eigenvalue weighted by atomic mass is 32.2. The van der Waals surface area contributed by atoms with Crippen molar-refractivity contribution in [2.24, 2.45) is 0 Å². The third-order valence-electron chi connectivity index (χ3n) is 4.02. The van der Waals surface area contributed by atoms with E-state index in [0.717, 1.165) is 6.42 Å². The Bertz CT molecular complexity index is 348. The predicted molar refractivity (Wildman–Crippen MR) is 97.1 cm³/mol. The lowest BCUT2D eigenvalue weighted by atomic mass is 10.0. The van der Waals surface area contributed by atoms with Crippen LogP contribution in [0, 0.1) is 0 Å². The van der Waals surface area contributed by atoms with Gasteiger partial charge in [0.15, 0.2) is 0 Å². The SMILES string of the molecule is CCCCCCCCCC(C)(C)SCCc1ccncc1. The van der Waals surface area contributed by atoms with Gasteiger partial charge in [0.25, 0.3) is 0 Å². The van der Waals surface area contributed by atoms with E-state index in [1.165, 1.54) is 62.7 Å². The van der Waals surface area contributed by atoms with Crippen molar-refractivity contribution in [2.75, 3.05) is 5.75 Å². The minimum Gasteiger partial charge on any atom is -0.265 e. The Balaban J connectivity index is 2.04. The fourth-order valence-electron chi connectivity index (χ4n) is 2.57. The number of unbranched alkanes of at least 4 members (excludes halogenated alkanes) is 6. The Morgan fingerprint density at radius 3 is 2.24 bits per heavy atom. The zero-order chi connectivity index (χ0) is 15.4. The molecule has 1 rings (SSSR count). The Morgan fingerprint density at radius 2 is 1.57 bits per heavy atom. The molecule has 0 aliphatic rings. The van der Waals surface area contributed by atoms with Gasteiger partial charge in [-0.3, -0.25) is 4.98 Å². The van der Waals surface area contributed by atoms with E-state index in [9.17, 15) is 0 Å². The maximum atomic E-state index is 4.07. The number of hydrogen-bond donors (Lipinski definition) is 0. The van der Waals surface area contributed by atoms with Crippen LogP contribution in [0.15, 0.2) is 24.5 Å². The average Bonchev–Trinajstić information content (AvgIpc) is 2.47. The van der Waals surface area contributed by atoms with E-state index in [4.69, 9.17) is 0 Å². The van der Waals surface area contributed by atoms with Gasteiger partial charge in [-0.2, -0.15) is 11.8 Å². The first kappa shape index (κ1) is 18.5. The number of nitrogens with zero attached hydrogens (tertiary/aromatic N) is 1. The van der Waals surface area contributed by atoms with Gasteiger partial charge in [-0.1, -0.05) is 65.7 Å². The van der Waals surface area contributed by atoms with Crippen LogP contribution >= 0.6 is 11.8 Å². The number of aryl methyl sites for hydroxylation is 1. The van der Waals surface area contributed by atoms with E-state index >= 15 is 0 Å². The molecule has 0 N–H and O–H groups in total. The van der Waals surface area contributed by atoms with Crippen LogP contribution in [0.4, 0.5) is 0 Å². The fraction of sp³-hybridized carbons (Fsp3) is 0.737. The topological polar surface area (TPSA) is 12.9 Å². The molecule has 0 fully saturated rings. The van der Waals surface area contributed by atoms with Crippen LogP contribution < -0.4 is 0 Å². The number of hydrogen-bond acceptors (Lipinski definition) is 2. The van der Waals surface area contributed by atoms with Crippen LogP contribution in [-0.2, 0) is 6.42 Å². The molecule has 0 aromatic carbocycles. The molecule has 0 radical (unpaired) electrons. The molecule has 0 bridgehead atoms. The molecule has 0 unspecified atom stereocenters. The minimum absolute atomic E-state index is 0.427. The molecular weight excluding hydrogens is 274 g/mol. The van der Waals surface area contributed by atoms with Gasteiger partial charge < -0.3 is 0 Å². The number of pyridine rings is 1. The summed E-state index contributed by atoms with van der Waals surface area (Å²) >= 11 is 2.13. The second-order valence-electron chi connectivity index (χ2n) is 6.58. The van der Waals surface area contributed by atoms with E-state index in [1.807, 2.05) is 12.4 Å². The number of thioether (sulfide) groups is 1. The molecule has 0 aliphatic heterocycles. The zero-order valence-electron chi connectivity index (χ0n) is 14.2. The molecular formula is C19H33NS. The normalized spacial score (nSPS) is 11.8. The van der Waals surface area contributed by atoms with Gasteiger partial charge in [0, 0.05) is 17.1 Å². The summed E-state index contributed by atoms with van der Waals surface area (Å²) in [6.07, 6.45) is 16.2. The smallest absolute Gasteiger partial charge is 0.0270 e. The highest BCUT2D eigenvalue weighted by molar-refractivity contribution is 8.00. The molecule has 21 heavy (non-hydrogen) atoms. The maximum Gasteiger partial charge on any atom is 0.0270 e. The lowest BCUT2D eigenvalue weighted by Crippen LogP contribution is -2.15. The second kappa shape index (κ2) is 11.1. The molecule has 0 amide bonds. The first-order chi connectivity index (χ1) is 10.1. The van der Waals surface area contributed by atoms with E-state index < -0.39 is 0 Å². The van der Waals surface area contributed by atoms with Gasteiger partial charge in [0.1, 0.15) is 0 Å². The van der Waals surface area contributed by atoms with Gasteiger partial charge in [-0.25, -0.2) is 0 Å². The summed E-state index contributed by atoms with van der Waals surface area (Å²) in [6, 6.07) is 4.26. The van der Waals surface area contributed by atoms with Crippen molar-refractivity contribution in [3.63, 3.8) is 0 Å². The molecule has 0 saturated carbocycles. The molecule has 1 nitrogen and oxygen atoms in total. The van der Waals surface area contributed by atoms with Crippen LogP contribution in [0.3, 0.4) is 0 Å². The summed E-state index contributed by atoms with van der Waals surface area (Å²) in [5, 5.41) is 0. The fourth-order valence-corrected chi connectivity index (χ4v) is 3.75. The lowest BCUT2D eigenvalue weighted by Gasteiger charge is -2.24. The van der Waals surface area contributed by atoms with Crippen LogP contribution in [0.1, 0.15) is 77.7 Å². The van der Waals surface area contributed by atoms with Gasteiger partial charge in [-0.05, 0) is 36.3 Å². The summed E-state index contributed by atoms with van der Waals surface area (Å²) in [5.74, 6) is 1.22. The van der Waals surface area contributed by atoms with Crippen LogP contribution in [-0.4, -0.2) is 15.5 Å². The van der Waals surface area contributed by atoms with Crippen LogP contribution in [0.2, 0.25) is 0 Å². The molecule has 1 aromatic heterocycles. The van der Waals surface area contributed by atoms with E-state index in [0.29, 0.717) is 4.75 Å². The van der Waals surface area contributed by atoms with Crippen molar-refractivity contribution in [3.05, 3.63) is 30.1 Å². The van der Waals surface area contributed by atoms with E-state index in [1.54, 1.807) is 0 Å². The Morgan fingerprint density at radius 1 is 0.952 bits per heavy atom. The number of aromatic nitrogens is 1. The van der Waals surface area contributed by atoms with Crippen molar-refractivity contribution >= 4 is 11.8 Å². The predicted octanol–water partition coefficient (Wildman–Crippen LogP) is 6.28. The summed E-state index contributed by atoms with van der Waals surface area (Å²) in [6.45, 7) is 7.09. The molecule has 0 aliphatic carbocycles. The van der Waals surface area contributed by atoms with Crippen molar-refractivity contribution in [1.82, 2.24) is 4.98 Å². The number of rotatable bonds is 12. The molecule has 120 valence electrons. The standard InChI is InChI=1S/C19H33NS/c1-4-5-6-7-8-9-10-14-19(2,3)21-17-13-18-11-15-20-16-12-18/h11-12,15-16H,4-10,13-14,17H2,1-3H3. The molecule has 1 heterocycles. The molecule has 2 heteroatoms. The quantitative estimate of drug-likeness (QED) is 0.422. The van der Waals surface area contributed by atoms with Crippen LogP contribution in [0.25, 0.3) is 0 Å². The minimum atomic E-state index is 0.427. The Hall–Kier alpha value is -0.500. The van der Waals surface area contributed by atoms with Gasteiger partial charge in [0.2, 0.25) is 0 Å². The summed E-state index contributed by atoms with van der Waals surface area (Å²) in [7, 11) is 0.